The van der Waals surface area contributed by atoms with Crippen LogP contribution in [0.15, 0.2) is 42.7 Å². The van der Waals surface area contributed by atoms with Gasteiger partial charge in [-0.1, -0.05) is 0 Å². The van der Waals surface area contributed by atoms with Crippen molar-refractivity contribution in [3.05, 3.63) is 59.8 Å². The first-order chi connectivity index (χ1) is 13.5. The number of carbonyl (C=O) groups is 1. The SMILES string of the molecule is COc1cc([C@@H]2CC(=O)Nc3c2ncn3-c2ccc(F)cc2)cc(OC)c1O. The molecular formula is C20H18FN3O4. The summed E-state index contributed by atoms with van der Waals surface area (Å²) in [4.78, 5) is 16.9. The van der Waals surface area contributed by atoms with Crippen molar-refractivity contribution in [1.29, 1.82) is 0 Å². The second kappa shape index (κ2) is 6.88. The van der Waals surface area contributed by atoms with Gasteiger partial charge in [0.1, 0.15) is 18.0 Å². The first-order valence-corrected chi connectivity index (χ1v) is 8.59. The topological polar surface area (TPSA) is 85.6 Å². The Kier molecular flexibility index (Phi) is 4.38. The quantitative estimate of drug-likeness (QED) is 0.723. The van der Waals surface area contributed by atoms with Crippen molar-refractivity contribution in [2.45, 2.75) is 12.3 Å². The minimum Gasteiger partial charge on any atom is -0.502 e. The number of amides is 1. The molecule has 1 aliphatic rings. The predicted molar refractivity (Wildman–Crippen MR) is 99.8 cm³/mol. The van der Waals surface area contributed by atoms with Crippen molar-refractivity contribution in [3.8, 4) is 22.9 Å². The molecule has 1 amide bonds. The molecule has 144 valence electrons. The molecule has 0 aliphatic carbocycles. The van der Waals surface area contributed by atoms with Crippen LogP contribution in [0.5, 0.6) is 17.2 Å². The molecule has 8 heteroatoms. The van der Waals surface area contributed by atoms with Crippen molar-refractivity contribution in [3.63, 3.8) is 0 Å². The number of aromatic hydroxyl groups is 1. The summed E-state index contributed by atoms with van der Waals surface area (Å²) in [5.74, 6) is 0.0498. The maximum atomic E-state index is 13.2. The second-order valence-electron chi connectivity index (χ2n) is 6.40. The third-order valence-electron chi connectivity index (χ3n) is 4.78. The van der Waals surface area contributed by atoms with Crippen LogP contribution in [0, 0.1) is 5.82 Å². The molecule has 0 bridgehead atoms. The molecule has 0 spiro atoms. The summed E-state index contributed by atoms with van der Waals surface area (Å²) in [6.07, 6.45) is 1.77. The highest BCUT2D eigenvalue weighted by molar-refractivity contribution is 5.94. The summed E-state index contributed by atoms with van der Waals surface area (Å²) in [5, 5.41) is 13.0. The molecule has 0 radical (unpaired) electrons. The molecular weight excluding hydrogens is 365 g/mol. The van der Waals surface area contributed by atoms with E-state index in [0.29, 0.717) is 17.2 Å². The lowest BCUT2D eigenvalue weighted by atomic mass is 9.89. The van der Waals surface area contributed by atoms with Crippen LogP contribution in [0.1, 0.15) is 23.6 Å². The molecule has 0 fully saturated rings. The molecule has 2 N–H and O–H groups in total. The van der Waals surface area contributed by atoms with Crippen LogP contribution < -0.4 is 14.8 Å². The molecule has 1 aliphatic heterocycles. The number of nitrogens with one attached hydrogen (secondary N) is 1. The van der Waals surface area contributed by atoms with Crippen LogP contribution in [0.3, 0.4) is 0 Å². The van der Waals surface area contributed by atoms with Gasteiger partial charge >= 0.3 is 0 Å². The van der Waals surface area contributed by atoms with Gasteiger partial charge in [0.05, 0.1) is 19.9 Å². The number of phenols is 1. The Labute approximate surface area is 160 Å². The standard InChI is InChI=1S/C20H18FN3O4/c1-27-15-7-11(8-16(28-2)19(15)26)14-9-17(25)23-20-18(14)22-10-24(20)13-5-3-12(21)4-6-13/h3-8,10,14,26H,9H2,1-2H3,(H,23,25)/t14-/m0/s1. The van der Waals surface area contributed by atoms with Crippen LogP contribution in [0.25, 0.3) is 5.69 Å². The van der Waals surface area contributed by atoms with Crippen molar-refractivity contribution >= 4 is 11.7 Å². The fourth-order valence-corrected chi connectivity index (χ4v) is 3.39. The third kappa shape index (κ3) is 2.92. The Morgan fingerprint density at radius 1 is 1.18 bits per heavy atom. The molecule has 28 heavy (non-hydrogen) atoms. The number of phenolic OH excluding ortho intramolecular Hbond substituents is 1. The average Bonchev–Trinajstić information content (AvgIpc) is 3.12. The maximum Gasteiger partial charge on any atom is 0.226 e. The number of ether oxygens (including phenoxy) is 2. The Bertz CT molecular complexity index is 1020. The Morgan fingerprint density at radius 2 is 1.82 bits per heavy atom. The number of methoxy groups -OCH3 is 2. The number of halogens is 1. The van der Waals surface area contributed by atoms with Crippen molar-refractivity contribution < 1.29 is 23.8 Å². The molecule has 2 heterocycles. The van der Waals surface area contributed by atoms with Gasteiger partial charge < -0.3 is 19.9 Å². The highest BCUT2D eigenvalue weighted by Gasteiger charge is 2.32. The second-order valence-corrected chi connectivity index (χ2v) is 6.40. The van der Waals surface area contributed by atoms with Gasteiger partial charge in [0, 0.05) is 18.0 Å². The molecule has 0 saturated heterocycles. The van der Waals surface area contributed by atoms with E-state index in [0.717, 1.165) is 5.56 Å². The van der Waals surface area contributed by atoms with Crippen molar-refractivity contribution in [1.82, 2.24) is 9.55 Å². The predicted octanol–water partition coefficient (Wildman–Crippen LogP) is 3.21. The number of imidazole rings is 1. The third-order valence-corrected chi connectivity index (χ3v) is 4.78. The average molecular weight is 383 g/mol. The summed E-state index contributed by atoms with van der Waals surface area (Å²) in [6.45, 7) is 0. The fourth-order valence-electron chi connectivity index (χ4n) is 3.39. The van der Waals surface area contributed by atoms with E-state index in [9.17, 15) is 14.3 Å². The zero-order valence-corrected chi connectivity index (χ0v) is 15.3. The van der Waals surface area contributed by atoms with E-state index in [1.165, 1.54) is 26.4 Å². The number of hydrogen-bond acceptors (Lipinski definition) is 5. The van der Waals surface area contributed by atoms with Crippen LogP contribution in [-0.2, 0) is 4.79 Å². The first-order valence-electron chi connectivity index (χ1n) is 8.59. The van der Waals surface area contributed by atoms with E-state index in [1.807, 2.05) is 0 Å². The van der Waals surface area contributed by atoms with Gasteiger partial charge in [-0.15, -0.1) is 0 Å². The zero-order valence-electron chi connectivity index (χ0n) is 15.3. The zero-order chi connectivity index (χ0) is 19.8. The lowest BCUT2D eigenvalue weighted by molar-refractivity contribution is -0.116. The number of benzene rings is 2. The lowest BCUT2D eigenvalue weighted by Gasteiger charge is -2.24. The smallest absolute Gasteiger partial charge is 0.226 e. The van der Waals surface area contributed by atoms with Crippen LogP contribution in [-0.4, -0.2) is 34.8 Å². The molecule has 7 nitrogen and oxygen atoms in total. The highest BCUT2D eigenvalue weighted by Crippen LogP contribution is 2.43. The Hall–Kier alpha value is -3.55. The van der Waals surface area contributed by atoms with Gasteiger partial charge in [-0.25, -0.2) is 9.37 Å². The van der Waals surface area contributed by atoms with Gasteiger partial charge in [0.25, 0.3) is 0 Å². The number of anilines is 1. The molecule has 3 aromatic rings. The van der Waals surface area contributed by atoms with Crippen LogP contribution >= 0.6 is 0 Å². The van der Waals surface area contributed by atoms with Gasteiger partial charge in [-0.3, -0.25) is 9.36 Å². The molecule has 1 aromatic heterocycles. The summed E-state index contributed by atoms with van der Waals surface area (Å²) in [6, 6.07) is 9.25. The van der Waals surface area contributed by atoms with Gasteiger partial charge in [0.15, 0.2) is 11.5 Å². The normalized spacial score (nSPS) is 15.7. The van der Waals surface area contributed by atoms with E-state index in [4.69, 9.17) is 9.47 Å². The van der Waals surface area contributed by atoms with E-state index >= 15 is 0 Å². The van der Waals surface area contributed by atoms with Crippen LogP contribution in [0.4, 0.5) is 10.2 Å². The Morgan fingerprint density at radius 3 is 2.43 bits per heavy atom. The number of aromatic nitrogens is 2. The highest BCUT2D eigenvalue weighted by atomic mass is 19.1. The van der Waals surface area contributed by atoms with E-state index in [-0.39, 0.29) is 41.3 Å². The van der Waals surface area contributed by atoms with Crippen molar-refractivity contribution in [2.75, 3.05) is 19.5 Å². The van der Waals surface area contributed by atoms with Crippen molar-refractivity contribution in [2.24, 2.45) is 0 Å². The molecule has 2 aromatic carbocycles. The summed E-state index contributed by atoms with van der Waals surface area (Å²) < 4.78 is 25.4. The number of nitrogens with zero attached hydrogens (tertiary/aromatic N) is 2. The molecule has 1 atom stereocenters. The monoisotopic (exact) mass is 383 g/mol. The number of hydrogen-bond donors (Lipinski definition) is 2. The number of carbonyl (C=O) groups excluding carboxylic acids is 1. The Balaban J connectivity index is 1.82. The van der Waals surface area contributed by atoms with Gasteiger partial charge in [0.2, 0.25) is 11.7 Å². The maximum absolute atomic E-state index is 13.2. The fraction of sp³-hybridized carbons (Fsp3) is 0.200. The number of fused-ring (bicyclic) bond motifs is 1. The summed E-state index contributed by atoms with van der Waals surface area (Å²) in [7, 11) is 2.89. The minimum absolute atomic E-state index is 0.105. The van der Waals surface area contributed by atoms with E-state index < -0.39 is 0 Å². The molecule has 0 saturated carbocycles. The molecule has 0 unspecified atom stereocenters. The van der Waals surface area contributed by atoms with Crippen LogP contribution in [0.2, 0.25) is 0 Å². The number of rotatable bonds is 4. The van der Waals surface area contributed by atoms with Gasteiger partial charge in [-0.05, 0) is 42.0 Å². The first kappa shape index (κ1) is 17.8. The summed E-state index contributed by atoms with van der Waals surface area (Å²) >= 11 is 0. The van der Waals surface area contributed by atoms with Gasteiger partial charge in [-0.2, -0.15) is 0 Å². The van der Waals surface area contributed by atoms with E-state index in [2.05, 4.69) is 10.3 Å². The largest absolute Gasteiger partial charge is 0.502 e. The van der Waals surface area contributed by atoms with E-state index in [1.54, 1.807) is 35.2 Å². The summed E-state index contributed by atoms with van der Waals surface area (Å²) in [5.41, 5.74) is 2.07. The molecule has 4 rings (SSSR count). The minimum atomic E-state index is -0.353. The lowest BCUT2D eigenvalue weighted by Crippen LogP contribution is -2.25.